The summed E-state index contributed by atoms with van der Waals surface area (Å²) in [6.45, 7) is 0. The number of aromatic hydroxyl groups is 2. The van der Waals surface area contributed by atoms with Gasteiger partial charge >= 0.3 is 0 Å². The summed E-state index contributed by atoms with van der Waals surface area (Å²) in [5, 5.41) is 19.5. The van der Waals surface area contributed by atoms with Gasteiger partial charge in [-0.3, -0.25) is 4.79 Å². The van der Waals surface area contributed by atoms with E-state index in [1.807, 2.05) is 60.7 Å². The molecule has 0 aliphatic heterocycles. The Kier molecular flexibility index (Phi) is 5.92. The third-order valence-corrected chi connectivity index (χ3v) is 4.20. The van der Waals surface area contributed by atoms with Gasteiger partial charge in [-0.1, -0.05) is 48.5 Å². The minimum atomic E-state index is -0.398. The second-order valence-electron chi connectivity index (χ2n) is 6.14. The van der Waals surface area contributed by atoms with Crippen molar-refractivity contribution in [2.24, 2.45) is 0 Å². The van der Waals surface area contributed by atoms with Crippen LogP contribution >= 0.6 is 0 Å². The number of allylic oxidation sites excluding steroid dienone is 3. The van der Waals surface area contributed by atoms with Crippen LogP contribution in [0.5, 0.6) is 17.2 Å². The molecule has 0 bridgehead atoms. The third kappa shape index (κ3) is 4.68. The highest BCUT2D eigenvalue weighted by Gasteiger charge is 2.09. The lowest BCUT2D eigenvalue weighted by Crippen LogP contribution is -1.95. The molecule has 4 nitrogen and oxygen atoms in total. The Balaban J connectivity index is 1.95. The molecule has 3 aromatic carbocycles. The minimum absolute atomic E-state index is 0.0492. The van der Waals surface area contributed by atoms with E-state index in [0.717, 1.165) is 22.4 Å². The number of rotatable bonds is 6. The molecule has 0 saturated carbocycles. The molecule has 0 aromatic heterocycles. The van der Waals surface area contributed by atoms with Gasteiger partial charge in [-0.15, -0.1) is 0 Å². The number of carbonyl (C=O) groups is 1. The van der Waals surface area contributed by atoms with E-state index < -0.39 is 5.78 Å². The first kappa shape index (κ1) is 19.0. The summed E-state index contributed by atoms with van der Waals surface area (Å²) in [4.78, 5) is 12.5. The Bertz CT molecular complexity index is 1020. The molecule has 28 heavy (non-hydrogen) atoms. The monoisotopic (exact) mass is 372 g/mol. The van der Waals surface area contributed by atoms with Gasteiger partial charge in [0.05, 0.1) is 12.7 Å². The molecule has 0 spiro atoms. The molecule has 140 valence electrons. The highest BCUT2D eigenvalue weighted by atomic mass is 16.5. The van der Waals surface area contributed by atoms with Crippen LogP contribution in [0.25, 0.3) is 11.6 Å². The number of hydrogen-bond donors (Lipinski definition) is 2. The maximum absolute atomic E-state index is 12.5. The fourth-order valence-corrected chi connectivity index (χ4v) is 2.71. The van der Waals surface area contributed by atoms with Crippen molar-refractivity contribution >= 4 is 17.4 Å². The van der Waals surface area contributed by atoms with Crippen LogP contribution in [0, 0.1) is 0 Å². The maximum Gasteiger partial charge on any atom is 0.189 e. The van der Waals surface area contributed by atoms with Crippen molar-refractivity contribution in [2.45, 2.75) is 0 Å². The van der Waals surface area contributed by atoms with E-state index >= 15 is 0 Å². The molecule has 2 N–H and O–H groups in total. The van der Waals surface area contributed by atoms with Gasteiger partial charge in [-0.25, -0.2) is 0 Å². The van der Waals surface area contributed by atoms with E-state index in [2.05, 4.69) is 0 Å². The van der Waals surface area contributed by atoms with Crippen LogP contribution in [0.1, 0.15) is 21.5 Å². The van der Waals surface area contributed by atoms with Crippen LogP contribution in [0.4, 0.5) is 0 Å². The fourth-order valence-electron chi connectivity index (χ4n) is 2.71. The topological polar surface area (TPSA) is 66.8 Å². The van der Waals surface area contributed by atoms with Crippen molar-refractivity contribution in [3.63, 3.8) is 0 Å². The van der Waals surface area contributed by atoms with Crippen LogP contribution in [0.15, 0.2) is 84.9 Å². The zero-order chi connectivity index (χ0) is 19.9. The first-order valence-corrected chi connectivity index (χ1v) is 8.72. The molecule has 0 fully saturated rings. The van der Waals surface area contributed by atoms with Gasteiger partial charge in [0, 0.05) is 0 Å². The molecule has 4 heteroatoms. The quantitative estimate of drug-likeness (QED) is 0.208. The van der Waals surface area contributed by atoms with Gasteiger partial charge < -0.3 is 14.9 Å². The first-order valence-electron chi connectivity index (χ1n) is 8.72. The predicted molar refractivity (Wildman–Crippen MR) is 111 cm³/mol. The SMILES string of the molecule is COc1ccc(/C=C(\C=C\C(=O)c2cc(O)ccc2O)c2ccccc2)cc1. The van der Waals surface area contributed by atoms with Gasteiger partial charge in [-0.2, -0.15) is 0 Å². The minimum Gasteiger partial charge on any atom is -0.508 e. The number of ether oxygens (including phenoxy) is 1. The Morgan fingerprint density at radius 3 is 2.29 bits per heavy atom. The van der Waals surface area contributed by atoms with Crippen molar-refractivity contribution < 1.29 is 19.7 Å². The van der Waals surface area contributed by atoms with E-state index in [4.69, 9.17) is 4.74 Å². The van der Waals surface area contributed by atoms with Crippen LogP contribution < -0.4 is 4.74 Å². The number of phenolic OH excluding ortho intramolecular Hbond substituents is 2. The van der Waals surface area contributed by atoms with E-state index in [1.165, 1.54) is 24.3 Å². The summed E-state index contributed by atoms with van der Waals surface area (Å²) in [7, 11) is 1.62. The molecule has 3 rings (SSSR count). The van der Waals surface area contributed by atoms with Crippen molar-refractivity contribution in [1.82, 2.24) is 0 Å². The van der Waals surface area contributed by atoms with E-state index in [0.29, 0.717) is 0 Å². The average Bonchev–Trinajstić information content (AvgIpc) is 2.73. The lowest BCUT2D eigenvalue weighted by molar-refractivity contribution is 0.104. The summed E-state index contributed by atoms with van der Waals surface area (Å²) in [6, 6.07) is 21.1. The first-order chi connectivity index (χ1) is 13.6. The predicted octanol–water partition coefficient (Wildman–Crippen LogP) is 5.09. The lowest BCUT2D eigenvalue weighted by Gasteiger charge is -2.05. The summed E-state index contributed by atoms with van der Waals surface area (Å²) < 4.78 is 5.18. The summed E-state index contributed by atoms with van der Waals surface area (Å²) in [5.74, 6) is 0.118. The van der Waals surface area contributed by atoms with Crippen LogP contribution in [-0.2, 0) is 0 Å². The van der Waals surface area contributed by atoms with Crippen molar-refractivity contribution in [3.8, 4) is 17.2 Å². The van der Waals surface area contributed by atoms with E-state index in [9.17, 15) is 15.0 Å². The van der Waals surface area contributed by atoms with E-state index in [-0.39, 0.29) is 17.1 Å². The number of ketones is 1. The Labute approximate surface area is 163 Å². The second-order valence-corrected chi connectivity index (χ2v) is 6.14. The molecule has 0 saturated heterocycles. The van der Waals surface area contributed by atoms with Gasteiger partial charge in [0.1, 0.15) is 17.2 Å². The Morgan fingerprint density at radius 2 is 1.61 bits per heavy atom. The molecule has 0 amide bonds. The van der Waals surface area contributed by atoms with E-state index in [1.54, 1.807) is 13.2 Å². The highest BCUT2D eigenvalue weighted by Crippen LogP contribution is 2.25. The number of benzene rings is 3. The molecule has 0 unspecified atom stereocenters. The molecular weight excluding hydrogens is 352 g/mol. The smallest absolute Gasteiger partial charge is 0.189 e. The number of hydrogen-bond acceptors (Lipinski definition) is 4. The van der Waals surface area contributed by atoms with Gasteiger partial charge in [-0.05, 0) is 59.2 Å². The number of methoxy groups -OCH3 is 1. The van der Waals surface area contributed by atoms with Gasteiger partial charge in [0.2, 0.25) is 0 Å². The average molecular weight is 372 g/mol. The molecule has 0 aliphatic rings. The zero-order valence-electron chi connectivity index (χ0n) is 15.4. The number of phenols is 2. The van der Waals surface area contributed by atoms with Gasteiger partial charge in [0.15, 0.2) is 5.78 Å². The van der Waals surface area contributed by atoms with Crippen LogP contribution in [0.2, 0.25) is 0 Å². The molecule has 3 aromatic rings. The highest BCUT2D eigenvalue weighted by molar-refractivity contribution is 6.08. The fraction of sp³-hybridized carbons (Fsp3) is 0.0417. The summed E-state index contributed by atoms with van der Waals surface area (Å²) in [5.41, 5.74) is 2.78. The number of carbonyl (C=O) groups excluding carboxylic acids is 1. The molecule has 0 radical (unpaired) electrons. The summed E-state index contributed by atoms with van der Waals surface area (Å²) in [6.07, 6.45) is 5.04. The van der Waals surface area contributed by atoms with Gasteiger partial charge in [0.25, 0.3) is 0 Å². The molecule has 0 aliphatic carbocycles. The largest absolute Gasteiger partial charge is 0.508 e. The lowest BCUT2D eigenvalue weighted by atomic mass is 10.0. The summed E-state index contributed by atoms with van der Waals surface area (Å²) >= 11 is 0. The zero-order valence-corrected chi connectivity index (χ0v) is 15.4. The molecule has 0 heterocycles. The standard InChI is InChI=1S/C24H20O4/c1-28-21-11-7-17(8-12-21)15-19(18-5-3-2-4-6-18)9-13-23(26)22-16-20(25)10-14-24(22)27/h2-16,25,27H,1H3/b13-9+,19-15+. The van der Waals surface area contributed by atoms with Crippen molar-refractivity contribution in [1.29, 1.82) is 0 Å². The molecular formula is C24H20O4. The van der Waals surface area contributed by atoms with Crippen LogP contribution in [0.3, 0.4) is 0 Å². The van der Waals surface area contributed by atoms with Crippen LogP contribution in [-0.4, -0.2) is 23.1 Å². The molecule has 0 atom stereocenters. The van der Waals surface area contributed by atoms with Crippen molar-refractivity contribution in [3.05, 3.63) is 102 Å². The Morgan fingerprint density at radius 1 is 0.893 bits per heavy atom. The second kappa shape index (κ2) is 8.73. The van der Waals surface area contributed by atoms with Crippen molar-refractivity contribution in [2.75, 3.05) is 7.11 Å². The third-order valence-electron chi connectivity index (χ3n) is 4.20. The normalized spacial score (nSPS) is 11.5. The Hall–Kier alpha value is -3.79. The maximum atomic E-state index is 12.5.